The van der Waals surface area contributed by atoms with Crippen molar-refractivity contribution in [2.75, 3.05) is 30.9 Å². The Hall–Kier alpha value is -0.830. The summed E-state index contributed by atoms with van der Waals surface area (Å²) in [7, 11) is 2.11. The molecule has 3 heteroatoms. The van der Waals surface area contributed by atoms with Gasteiger partial charge >= 0.3 is 0 Å². The SMILES string of the molecule is CCOc1ccc(N(C)CCCS)cc1C. The van der Waals surface area contributed by atoms with Gasteiger partial charge in [0.15, 0.2) is 0 Å². The van der Waals surface area contributed by atoms with Crippen molar-refractivity contribution in [3.63, 3.8) is 0 Å². The molecule has 2 nitrogen and oxygen atoms in total. The van der Waals surface area contributed by atoms with Crippen molar-refractivity contribution in [2.45, 2.75) is 20.3 Å². The predicted octanol–water partition coefficient (Wildman–Crippen LogP) is 3.15. The van der Waals surface area contributed by atoms with Gasteiger partial charge in [-0.25, -0.2) is 0 Å². The summed E-state index contributed by atoms with van der Waals surface area (Å²) >= 11 is 4.23. The lowest BCUT2D eigenvalue weighted by Gasteiger charge is -2.20. The Balaban J connectivity index is 2.71. The summed E-state index contributed by atoms with van der Waals surface area (Å²) in [4.78, 5) is 2.25. The quantitative estimate of drug-likeness (QED) is 0.766. The molecule has 0 aliphatic rings. The highest BCUT2D eigenvalue weighted by atomic mass is 32.1. The van der Waals surface area contributed by atoms with E-state index in [1.807, 2.05) is 13.0 Å². The average Bonchev–Trinajstić information content (AvgIpc) is 2.29. The van der Waals surface area contributed by atoms with Gasteiger partial charge in [-0.1, -0.05) is 0 Å². The fourth-order valence-electron chi connectivity index (χ4n) is 1.63. The molecule has 0 N–H and O–H groups in total. The van der Waals surface area contributed by atoms with Crippen LogP contribution < -0.4 is 9.64 Å². The van der Waals surface area contributed by atoms with E-state index >= 15 is 0 Å². The summed E-state index contributed by atoms with van der Waals surface area (Å²) in [5.74, 6) is 1.91. The van der Waals surface area contributed by atoms with Crippen LogP contribution in [0.15, 0.2) is 18.2 Å². The van der Waals surface area contributed by atoms with Crippen LogP contribution in [0.4, 0.5) is 5.69 Å². The first-order chi connectivity index (χ1) is 7.69. The van der Waals surface area contributed by atoms with E-state index in [1.165, 1.54) is 11.3 Å². The van der Waals surface area contributed by atoms with Crippen molar-refractivity contribution in [1.82, 2.24) is 0 Å². The molecule has 0 aliphatic carbocycles. The lowest BCUT2D eigenvalue weighted by Crippen LogP contribution is -2.18. The number of aryl methyl sites for hydroxylation is 1. The van der Waals surface area contributed by atoms with Crippen LogP contribution in [-0.4, -0.2) is 26.0 Å². The highest BCUT2D eigenvalue weighted by Gasteiger charge is 2.04. The van der Waals surface area contributed by atoms with E-state index in [0.29, 0.717) is 0 Å². The zero-order valence-electron chi connectivity index (χ0n) is 10.4. The summed E-state index contributed by atoms with van der Waals surface area (Å²) < 4.78 is 5.52. The standard InChI is InChI=1S/C13H21NOS/c1-4-15-13-7-6-12(10-11(13)2)14(3)8-5-9-16/h6-7,10,16H,4-5,8-9H2,1-3H3. The summed E-state index contributed by atoms with van der Waals surface area (Å²) in [5, 5.41) is 0. The molecular formula is C13H21NOS. The Bertz CT molecular complexity index is 328. The number of hydrogen-bond donors (Lipinski definition) is 1. The van der Waals surface area contributed by atoms with Crippen LogP contribution in [0.25, 0.3) is 0 Å². The molecule has 1 aromatic rings. The second-order valence-corrected chi connectivity index (χ2v) is 4.33. The van der Waals surface area contributed by atoms with Gasteiger partial charge in [-0.2, -0.15) is 12.6 Å². The molecule has 0 saturated carbocycles. The Kier molecular flexibility index (Phi) is 5.53. The number of nitrogens with zero attached hydrogens (tertiary/aromatic N) is 1. The number of anilines is 1. The fourth-order valence-corrected chi connectivity index (χ4v) is 1.77. The van der Waals surface area contributed by atoms with E-state index in [9.17, 15) is 0 Å². The van der Waals surface area contributed by atoms with E-state index < -0.39 is 0 Å². The van der Waals surface area contributed by atoms with Crippen LogP contribution in [0, 0.1) is 6.92 Å². The summed E-state index contributed by atoms with van der Waals surface area (Å²) in [6.07, 6.45) is 1.10. The van der Waals surface area contributed by atoms with Crippen molar-refractivity contribution in [3.8, 4) is 5.75 Å². The fraction of sp³-hybridized carbons (Fsp3) is 0.538. The molecule has 16 heavy (non-hydrogen) atoms. The molecule has 90 valence electrons. The molecular weight excluding hydrogens is 218 g/mol. The Labute approximate surface area is 104 Å². The monoisotopic (exact) mass is 239 g/mol. The molecule has 0 atom stereocenters. The zero-order valence-corrected chi connectivity index (χ0v) is 11.3. The highest BCUT2D eigenvalue weighted by Crippen LogP contribution is 2.23. The van der Waals surface area contributed by atoms with Gasteiger partial charge in [0.05, 0.1) is 6.61 Å². The number of rotatable bonds is 6. The van der Waals surface area contributed by atoms with E-state index in [-0.39, 0.29) is 0 Å². The molecule has 0 saturated heterocycles. The van der Waals surface area contributed by atoms with E-state index in [1.54, 1.807) is 0 Å². The lowest BCUT2D eigenvalue weighted by atomic mass is 10.2. The minimum Gasteiger partial charge on any atom is -0.494 e. The van der Waals surface area contributed by atoms with Crippen molar-refractivity contribution in [1.29, 1.82) is 0 Å². The van der Waals surface area contributed by atoms with Crippen LogP contribution >= 0.6 is 12.6 Å². The van der Waals surface area contributed by atoms with Gasteiger partial charge in [-0.05, 0) is 49.8 Å². The molecule has 1 aromatic carbocycles. The predicted molar refractivity (Wildman–Crippen MR) is 74.1 cm³/mol. The van der Waals surface area contributed by atoms with Gasteiger partial charge in [0.2, 0.25) is 0 Å². The van der Waals surface area contributed by atoms with Gasteiger partial charge in [-0.15, -0.1) is 0 Å². The van der Waals surface area contributed by atoms with Crippen molar-refractivity contribution in [2.24, 2.45) is 0 Å². The maximum Gasteiger partial charge on any atom is 0.122 e. The molecule has 0 bridgehead atoms. The van der Waals surface area contributed by atoms with Gasteiger partial charge in [0.1, 0.15) is 5.75 Å². The maximum absolute atomic E-state index is 5.52. The summed E-state index contributed by atoms with van der Waals surface area (Å²) in [5.41, 5.74) is 2.43. The van der Waals surface area contributed by atoms with Crippen molar-refractivity contribution in [3.05, 3.63) is 23.8 Å². The summed E-state index contributed by atoms with van der Waals surface area (Å²) in [6.45, 7) is 5.85. The third kappa shape index (κ3) is 3.63. The van der Waals surface area contributed by atoms with Crippen molar-refractivity contribution >= 4 is 18.3 Å². The lowest BCUT2D eigenvalue weighted by molar-refractivity contribution is 0.338. The van der Waals surface area contributed by atoms with Gasteiger partial charge < -0.3 is 9.64 Å². The molecule has 1 rings (SSSR count). The molecule has 0 unspecified atom stereocenters. The Morgan fingerprint density at radius 2 is 2.12 bits per heavy atom. The highest BCUT2D eigenvalue weighted by molar-refractivity contribution is 7.80. The van der Waals surface area contributed by atoms with Crippen LogP contribution in [-0.2, 0) is 0 Å². The Morgan fingerprint density at radius 3 is 2.69 bits per heavy atom. The Morgan fingerprint density at radius 1 is 1.38 bits per heavy atom. The normalized spacial score (nSPS) is 10.2. The maximum atomic E-state index is 5.52. The van der Waals surface area contributed by atoms with Crippen molar-refractivity contribution < 1.29 is 4.74 Å². The van der Waals surface area contributed by atoms with Crippen LogP contribution in [0.3, 0.4) is 0 Å². The van der Waals surface area contributed by atoms with Crippen LogP contribution in [0.1, 0.15) is 18.9 Å². The van der Waals surface area contributed by atoms with Crippen LogP contribution in [0.5, 0.6) is 5.75 Å². The molecule has 0 aliphatic heterocycles. The smallest absolute Gasteiger partial charge is 0.122 e. The zero-order chi connectivity index (χ0) is 12.0. The van der Waals surface area contributed by atoms with Gasteiger partial charge in [0, 0.05) is 19.3 Å². The number of ether oxygens (including phenoxy) is 1. The topological polar surface area (TPSA) is 12.5 Å². The molecule has 0 radical (unpaired) electrons. The van der Waals surface area contributed by atoms with E-state index in [0.717, 1.165) is 31.1 Å². The minimum absolute atomic E-state index is 0.718. The van der Waals surface area contributed by atoms with E-state index in [2.05, 4.69) is 43.6 Å². The minimum atomic E-state index is 0.718. The third-order valence-corrected chi connectivity index (χ3v) is 2.87. The number of thiol groups is 1. The molecule has 0 amide bonds. The van der Waals surface area contributed by atoms with Crippen LogP contribution in [0.2, 0.25) is 0 Å². The van der Waals surface area contributed by atoms with Gasteiger partial charge in [0.25, 0.3) is 0 Å². The molecule has 0 spiro atoms. The van der Waals surface area contributed by atoms with Gasteiger partial charge in [-0.3, -0.25) is 0 Å². The number of hydrogen-bond acceptors (Lipinski definition) is 3. The molecule has 0 aromatic heterocycles. The number of benzene rings is 1. The molecule has 0 fully saturated rings. The molecule has 0 heterocycles. The second kappa shape index (κ2) is 6.69. The first-order valence-electron chi connectivity index (χ1n) is 5.74. The first-order valence-corrected chi connectivity index (χ1v) is 6.37. The third-order valence-electron chi connectivity index (χ3n) is 2.55. The largest absolute Gasteiger partial charge is 0.494 e. The van der Waals surface area contributed by atoms with E-state index in [4.69, 9.17) is 4.74 Å². The summed E-state index contributed by atoms with van der Waals surface area (Å²) in [6, 6.07) is 6.32. The second-order valence-electron chi connectivity index (χ2n) is 3.88. The first kappa shape index (κ1) is 13.2. The average molecular weight is 239 g/mol.